The van der Waals surface area contributed by atoms with Crippen molar-refractivity contribution in [2.45, 2.75) is 6.42 Å². The lowest BCUT2D eigenvalue weighted by Crippen LogP contribution is -2.43. The van der Waals surface area contributed by atoms with Crippen LogP contribution in [0.25, 0.3) is 5.52 Å². The third kappa shape index (κ3) is 2.12. The molecule has 6 heteroatoms. The highest BCUT2D eigenvalue weighted by molar-refractivity contribution is 5.95. The Labute approximate surface area is 116 Å². The summed E-state index contributed by atoms with van der Waals surface area (Å²) in [4.78, 5) is 16.3. The van der Waals surface area contributed by atoms with Crippen LogP contribution in [0.5, 0.6) is 5.75 Å². The summed E-state index contributed by atoms with van der Waals surface area (Å²) in [5.41, 5.74) is 1.06. The topological polar surface area (TPSA) is 64.9 Å². The van der Waals surface area contributed by atoms with Crippen LogP contribution < -0.4 is 10.1 Å². The van der Waals surface area contributed by atoms with E-state index in [1.54, 1.807) is 7.11 Å². The fourth-order valence-electron chi connectivity index (χ4n) is 2.40. The zero-order chi connectivity index (χ0) is 14.1. The lowest BCUT2D eigenvalue weighted by atomic mass is 9.99. The Hall–Kier alpha value is -2.08. The van der Waals surface area contributed by atoms with E-state index in [0.717, 1.165) is 30.9 Å². The van der Waals surface area contributed by atoms with E-state index in [0.29, 0.717) is 17.4 Å². The van der Waals surface area contributed by atoms with E-state index in [4.69, 9.17) is 9.47 Å². The Bertz CT molecular complexity index is 646. The summed E-state index contributed by atoms with van der Waals surface area (Å²) < 4.78 is 12.0. The van der Waals surface area contributed by atoms with Gasteiger partial charge in [0.15, 0.2) is 5.69 Å². The Balaban J connectivity index is 2.07. The van der Waals surface area contributed by atoms with E-state index in [1.165, 1.54) is 7.11 Å². The number of hydrogen-bond donors (Lipinski definition) is 1. The van der Waals surface area contributed by atoms with Crippen LogP contribution in [0.1, 0.15) is 16.3 Å². The van der Waals surface area contributed by atoms with E-state index < -0.39 is 5.97 Å². The Morgan fingerprint density at radius 2 is 2.30 bits per heavy atom. The van der Waals surface area contributed by atoms with E-state index in [1.807, 2.05) is 22.7 Å². The van der Waals surface area contributed by atoms with Gasteiger partial charge in [0.2, 0.25) is 0 Å². The number of carbonyl (C=O) groups is 1. The van der Waals surface area contributed by atoms with Gasteiger partial charge in [0.05, 0.1) is 19.7 Å². The van der Waals surface area contributed by atoms with Crippen LogP contribution >= 0.6 is 0 Å². The molecule has 0 unspecified atom stereocenters. The second-order valence-corrected chi connectivity index (χ2v) is 4.92. The minimum Gasteiger partial charge on any atom is -0.497 e. The van der Waals surface area contributed by atoms with Crippen LogP contribution in [0.3, 0.4) is 0 Å². The molecule has 1 fully saturated rings. The minimum atomic E-state index is -0.422. The minimum absolute atomic E-state index is 0.341. The highest BCUT2D eigenvalue weighted by Gasteiger charge is 2.23. The van der Waals surface area contributed by atoms with Gasteiger partial charge >= 0.3 is 5.97 Å². The summed E-state index contributed by atoms with van der Waals surface area (Å²) in [5, 5.41) is 3.24. The van der Waals surface area contributed by atoms with Gasteiger partial charge in [-0.05, 0) is 25.1 Å². The highest BCUT2D eigenvalue weighted by Crippen LogP contribution is 2.22. The summed E-state index contributed by atoms with van der Waals surface area (Å²) >= 11 is 0. The largest absolute Gasteiger partial charge is 0.497 e. The molecule has 0 aliphatic carbocycles. The number of nitrogens with zero attached hydrogens (tertiary/aromatic N) is 2. The third-order valence-corrected chi connectivity index (χ3v) is 3.64. The van der Waals surface area contributed by atoms with Gasteiger partial charge in [-0.25, -0.2) is 9.78 Å². The lowest BCUT2D eigenvalue weighted by Gasteiger charge is -2.26. The molecule has 20 heavy (non-hydrogen) atoms. The smallest absolute Gasteiger partial charge is 0.358 e. The van der Waals surface area contributed by atoms with Crippen LogP contribution in [0.4, 0.5) is 0 Å². The number of fused-ring (bicyclic) bond motifs is 1. The number of methoxy groups -OCH3 is 2. The molecule has 2 aromatic rings. The van der Waals surface area contributed by atoms with E-state index >= 15 is 0 Å². The van der Waals surface area contributed by atoms with Gasteiger partial charge in [-0.2, -0.15) is 0 Å². The van der Waals surface area contributed by atoms with E-state index in [-0.39, 0.29) is 0 Å². The summed E-state index contributed by atoms with van der Waals surface area (Å²) in [6.45, 7) is 2.00. The average molecular weight is 275 g/mol. The molecule has 1 N–H and O–H groups in total. The fourth-order valence-corrected chi connectivity index (χ4v) is 2.40. The van der Waals surface area contributed by atoms with E-state index in [2.05, 4.69) is 10.3 Å². The molecule has 0 bridgehead atoms. The molecule has 1 saturated heterocycles. The molecule has 0 radical (unpaired) electrons. The first-order chi connectivity index (χ1) is 9.72. The molecule has 0 saturated carbocycles. The second kappa shape index (κ2) is 5.13. The molecular weight excluding hydrogens is 258 g/mol. The molecule has 106 valence electrons. The maximum absolute atomic E-state index is 11.9. The number of ether oxygens (including phenoxy) is 2. The van der Waals surface area contributed by atoms with Crippen molar-refractivity contribution < 1.29 is 14.3 Å². The normalized spacial score (nSPS) is 15.1. The van der Waals surface area contributed by atoms with Crippen LogP contribution in [-0.2, 0) is 11.2 Å². The maximum Gasteiger partial charge on any atom is 0.358 e. The van der Waals surface area contributed by atoms with Crippen molar-refractivity contribution in [3.05, 3.63) is 29.8 Å². The summed E-state index contributed by atoms with van der Waals surface area (Å²) in [7, 11) is 2.96. The average Bonchev–Trinajstić information content (AvgIpc) is 2.79. The number of imidazole rings is 1. The van der Waals surface area contributed by atoms with Crippen molar-refractivity contribution in [2.75, 3.05) is 27.3 Å². The van der Waals surface area contributed by atoms with Gasteiger partial charge in [-0.15, -0.1) is 0 Å². The summed E-state index contributed by atoms with van der Waals surface area (Å²) in [5.74, 6) is 1.73. The van der Waals surface area contributed by atoms with Crippen molar-refractivity contribution in [3.8, 4) is 5.75 Å². The zero-order valence-corrected chi connectivity index (χ0v) is 11.5. The second-order valence-electron chi connectivity index (χ2n) is 4.92. The molecule has 0 aromatic carbocycles. The van der Waals surface area contributed by atoms with Crippen molar-refractivity contribution in [1.82, 2.24) is 14.7 Å². The van der Waals surface area contributed by atoms with Gasteiger partial charge in [0.1, 0.15) is 11.6 Å². The summed E-state index contributed by atoms with van der Waals surface area (Å²) in [6.07, 6.45) is 2.73. The standard InChI is InChI=1S/C14H17N3O3/c1-19-10-3-4-17-11(6-10)13(14(18)20-2)16-12(17)5-9-7-15-8-9/h3-4,6,9,15H,5,7-8H2,1-2H3. The van der Waals surface area contributed by atoms with Crippen molar-refractivity contribution >= 4 is 11.5 Å². The van der Waals surface area contributed by atoms with Gasteiger partial charge in [0, 0.05) is 18.7 Å². The number of aromatic nitrogens is 2. The molecule has 1 aliphatic rings. The van der Waals surface area contributed by atoms with Gasteiger partial charge in [-0.3, -0.25) is 0 Å². The number of carbonyl (C=O) groups excluding carboxylic acids is 1. The van der Waals surface area contributed by atoms with Crippen LogP contribution in [0.15, 0.2) is 18.3 Å². The molecule has 2 aromatic heterocycles. The first-order valence-electron chi connectivity index (χ1n) is 6.57. The lowest BCUT2D eigenvalue weighted by molar-refractivity contribution is 0.0596. The maximum atomic E-state index is 11.9. The fraction of sp³-hybridized carbons (Fsp3) is 0.429. The molecular formula is C14H17N3O3. The zero-order valence-electron chi connectivity index (χ0n) is 11.5. The van der Waals surface area contributed by atoms with Crippen LogP contribution in [-0.4, -0.2) is 42.7 Å². The first kappa shape index (κ1) is 12.9. The van der Waals surface area contributed by atoms with Crippen LogP contribution in [0, 0.1) is 5.92 Å². The molecule has 3 rings (SSSR count). The van der Waals surface area contributed by atoms with Crippen molar-refractivity contribution in [2.24, 2.45) is 5.92 Å². The molecule has 0 amide bonds. The predicted octanol–water partition coefficient (Wildman–Crippen LogP) is 0.891. The summed E-state index contributed by atoms with van der Waals surface area (Å²) in [6, 6.07) is 3.67. The number of hydrogen-bond acceptors (Lipinski definition) is 5. The van der Waals surface area contributed by atoms with Gasteiger partial charge < -0.3 is 19.2 Å². The number of rotatable bonds is 4. The highest BCUT2D eigenvalue weighted by atomic mass is 16.5. The third-order valence-electron chi connectivity index (χ3n) is 3.64. The Kier molecular flexibility index (Phi) is 3.31. The predicted molar refractivity (Wildman–Crippen MR) is 73.1 cm³/mol. The van der Waals surface area contributed by atoms with Gasteiger partial charge in [-0.1, -0.05) is 0 Å². The van der Waals surface area contributed by atoms with Crippen molar-refractivity contribution in [3.63, 3.8) is 0 Å². The number of pyridine rings is 1. The van der Waals surface area contributed by atoms with Gasteiger partial charge in [0.25, 0.3) is 0 Å². The van der Waals surface area contributed by atoms with Crippen LogP contribution in [0.2, 0.25) is 0 Å². The Morgan fingerprint density at radius 3 is 2.90 bits per heavy atom. The number of esters is 1. The molecule has 3 heterocycles. The molecule has 0 spiro atoms. The van der Waals surface area contributed by atoms with E-state index in [9.17, 15) is 4.79 Å². The number of nitrogens with one attached hydrogen (secondary N) is 1. The quantitative estimate of drug-likeness (QED) is 0.840. The molecule has 0 atom stereocenters. The molecule has 6 nitrogen and oxygen atoms in total. The molecule has 1 aliphatic heterocycles. The SMILES string of the molecule is COC(=O)c1nc(CC2CNC2)n2ccc(OC)cc12. The Morgan fingerprint density at radius 1 is 1.50 bits per heavy atom. The first-order valence-corrected chi connectivity index (χ1v) is 6.57. The van der Waals surface area contributed by atoms with Crippen molar-refractivity contribution in [1.29, 1.82) is 0 Å². The monoisotopic (exact) mass is 275 g/mol.